The quantitative estimate of drug-likeness (QED) is 0.691. The molecule has 1 aliphatic heterocycles. The van der Waals surface area contributed by atoms with Gasteiger partial charge in [-0.1, -0.05) is 12.1 Å². The maximum absolute atomic E-state index is 12.3. The Hall–Kier alpha value is -3.48. The first-order valence-corrected chi connectivity index (χ1v) is 10.2. The fraction of sp³-hybridized carbons (Fsp3) is 0.333. The number of hydrogen-bond acceptors (Lipinski definition) is 5. The van der Waals surface area contributed by atoms with Crippen molar-refractivity contribution in [2.45, 2.75) is 26.4 Å². The first-order chi connectivity index (χ1) is 14.9. The first kappa shape index (κ1) is 22.2. The molecule has 0 saturated heterocycles. The highest BCUT2D eigenvalue weighted by molar-refractivity contribution is 5.94. The summed E-state index contributed by atoms with van der Waals surface area (Å²) in [5.74, 6) is 1.49. The lowest BCUT2D eigenvalue weighted by molar-refractivity contribution is -0.116. The molecular weight excluding hydrogens is 396 g/mol. The van der Waals surface area contributed by atoms with Gasteiger partial charge in [-0.25, -0.2) is 0 Å². The second-order valence-electron chi connectivity index (χ2n) is 7.51. The molecule has 31 heavy (non-hydrogen) atoms. The number of hydrogen-bond donors (Lipinski definition) is 1. The molecule has 0 bridgehead atoms. The van der Waals surface area contributed by atoms with Gasteiger partial charge in [0.15, 0.2) is 11.5 Å². The molecule has 1 aliphatic rings. The number of rotatable bonds is 7. The van der Waals surface area contributed by atoms with E-state index in [9.17, 15) is 9.59 Å². The van der Waals surface area contributed by atoms with Crippen molar-refractivity contribution in [3.63, 3.8) is 0 Å². The number of methoxy groups -OCH3 is 1. The van der Waals surface area contributed by atoms with Crippen LogP contribution in [-0.4, -0.2) is 50.1 Å². The molecule has 3 rings (SSSR count). The first-order valence-electron chi connectivity index (χ1n) is 10.2. The Morgan fingerprint density at radius 3 is 2.55 bits per heavy atom. The molecule has 2 aromatic rings. The number of ether oxygens (including phenoxy) is 3. The lowest BCUT2D eigenvalue weighted by atomic mass is 10.1. The van der Waals surface area contributed by atoms with E-state index in [2.05, 4.69) is 5.32 Å². The Labute approximate surface area is 182 Å². The van der Waals surface area contributed by atoms with Crippen molar-refractivity contribution < 1.29 is 23.8 Å². The molecule has 1 heterocycles. The standard InChI is InChI=1S/C24H28N2O5/c1-16(2)26(3)24(28)19-8-5-17(6-9-19)15-25-22(27)10-7-18-13-20(29-4)23-21(14-18)30-11-12-31-23/h5-10,13-14,16H,11-12,15H2,1-4H3,(H,25,27)/b10-7+. The number of amides is 2. The number of nitrogens with zero attached hydrogens (tertiary/aromatic N) is 1. The van der Waals surface area contributed by atoms with Gasteiger partial charge in [-0.05, 0) is 55.3 Å². The SMILES string of the molecule is COc1cc(/C=C/C(=O)NCc2ccc(C(=O)N(C)C(C)C)cc2)cc2c1OCCO2. The zero-order chi connectivity index (χ0) is 22.4. The summed E-state index contributed by atoms with van der Waals surface area (Å²) >= 11 is 0. The zero-order valence-corrected chi connectivity index (χ0v) is 18.3. The summed E-state index contributed by atoms with van der Waals surface area (Å²) in [5.41, 5.74) is 2.30. The van der Waals surface area contributed by atoms with Crippen molar-refractivity contribution in [1.82, 2.24) is 10.2 Å². The van der Waals surface area contributed by atoms with Gasteiger partial charge in [0.1, 0.15) is 13.2 Å². The van der Waals surface area contributed by atoms with Crippen LogP contribution in [0.4, 0.5) is 0 Å². The van der Waals surface area contributed by atoms with Gasteiger partial charge in [-0.15, -0.1) is 0 Å². The third-order valence-corrected chi connectivity index (χ3v) is 5.04. The molecule has 0 aromatic heterocycles. The van der Waals surface area contributed by atoms with Crippen LogP contribution in [0.15, 0.2) is 42.5 Å². The third kappa shape index (κ3) is 5.57. The second kappa shape index (κ2) is 10.0. The molecule has 7 nitrogen and oxygen atoms in total. The highest BCUT2D eigenvalue weighted by atomic mass is 16.6. The third-order valence-electron chi connectivity index (χ3n) is 5.04. The van der Waals surface area contributed by atoms with Crippen LogP contribution in [0.1, 0.15) is 35.3 Å². The molecule has 1 N–H and O–H groups in total. The molecule has 2 aromatic carbocycles. The smallest absolute Gasteiger partial charge is 0.253 e. The lowest BCUT2D eigenvalue weighted by Gasteiger charge is -2.21. The van der Waals surface area contributed by atoms with Crippen LogP contribution in [-0.2, 0) is 11.3 Å². The molecule has 0 aliphatic carbocycles. The summed E-state index contributed by atoms with van der Waals surface area (Å²) in [6.45, 7) is 5.25. The van der Waals surface area contributed by atoms with Gasteiger partial charge in [-0.3, -0.25) is 9.59 Å². The predicted octanol–water partition coefficient (Wildman–Crippen LogP) is 3.28. The van der Waals surface area contributed by atoms with Crippen LogP contribution >= 0.6 is 0 Å². The molecule has 0 saturated carbocycles. The van der Waals surface area contributed by atoms with E-state index in [1.807, 2.05) is 32.0 Å². The fourth-order valence-electron chi connectivity index (χ4n) is 3.01. The maximum Gasteiger partial charge on any atom is 0.253 e. The van der Waals surface area contributed by atoms with Gasteiger partial charge in [0.05, 0.1) is 7.11 Å². The van der Waals surface area contributed by atoms with E-state index in [-0.39, 0.29) is 17.9 Å². The van der Waals surface area contributed by atoms with Crippen molar-refractivity contribution in [1.29, 1.82) is 0 Å². The molecule has 0 radical (unpaired) electrons. The van der Waals surface area contributed by atoms with Crippen molar-refractivity contribution >= 4 is 17.9 Å². The summed E-state index contributed by atoms with van der Waals surface area (Å²) in [4.78, 5) is 26.3. The van der Waals surface area contributed by atoms with Crippen LogP contribution in [0.3, 0.4) is 0 Å². The van der Waals surface area contributed by atoms with Gasteiger partial charge in [-0.2, -0.15) is 0 Å². The summed E-state index contributed by atoms with van der Waals surface area (Å²) in [5, 5.41) is 2.84. The fourth-order valence-corrected chi connectivity index (χ4v) is 3.01. The molecule has 0 fully saturated rings. The maximum atomic E-state index is 12.3. The number of fused-ring (bicyclic) bond motifs is 1. The number of benzene rings is 2. The van der Waals surface area contributed by atoms with Crippen molar-refractivity contribution in [2.75, 3.05) is 27.4 Å². The van der Waals surface area contributed by atoms with E-state index in [1.165, 1.54) is 6.08 Å². The summed E-state index contributed by atoms with van der Waals surface area (Å²) < 4.78 is 16.5. The van der Waals surface area contributed by atoms with Gasteiger partial charge >= 0.3 is 0 Å². The molecule has 7 heteroatoms. The van der Waals surface area contributed by atoms with Gasteiger partial charge < -0.3 is 24.4 Å². The van der Waals surface area contributed by atoms with Crippen molar-refractivity contribution in [2.24, 2.45) is 0 Å². The van der Waals surface area contributed by atoms with Crippen LogP contribution in [0.5, 0.6) is 17.2 Å². The van der Waals surface area contributed by atoms with Crippen LogP contribution in [0.25, 0.3) is 6.08 Å². The Morgan fingerprint density at radius 1 is 1.16 bits per heavy atom. The Morgan fingerprint density at radius 2 is 1.87 bits per heavy atom. The monoisotopic (exact) mass is 424 g/mol. The van der Waals surface area contributed by atoms with Crippen LogP contribution in [0.2, 0.25) is 0 Å². The largest absolute Gasteiger partial charge is 0.493 e. The Bertz CT molecular complexity index is 949. The van der Waals surface area contributed by atoms with E-state index in [0.717, 1.165) is 11.1 Å². The van der Waals surface area contributed by atoms with E-state index >= 15 is 0 Å². The van der Waals surface area contributed by atoms with Gasteiger partial charge in [0.25, 0.3) is 5.91 Å². The van der Waals surface area contributed by atoms with E-state index < -0.39 is 0 Å². The summed E-state index contributed by atoms with van der Waals surface area (Å²) in [6.07, 6.45) is 3.15. The Balaban J connectivity index is 1.58. The topological polar surface area (TPSA) is 77.1 Å². The minimum Gasteiger partial charge on any atom is -0.493 e. The van der Waals surface area contributed by atoms with Gasteiger partial charge in [0, 0.05) is 31.3 Å². The predicted molar refractivity (Wildman–Crippen MR) is 119 cm³/mol. The minimum absolute atomic E-state index is 0.0247. The molecule has 0 spiro atoms. The minimum atomic E-state index is -0.228. The van der Waals surface area contributed by atoms with Crippen molar-refractivity contribution in [3.8, 4) is 17.2 Å². The number of nitrogens with one attached hydrogen (secondary N) is 1. The van der Waals surface area contributed by atoms with Crippen LogP contribution in [0, 0.1) is 0 Å². The molecule has 0 unspecified atom stereocenters. The summed E-state index contributed by atoms with van der Waals surface area (Å²) in [6, 6.07) is 11.0. The van der Waals surface area contributed by atoms with E-state index in [0.29, 0.717) is 42.6 Å². The number of carbonyl (C=O) groups excluding carboxylic acids is 2. The van der Waals surface area contributed by atoms with E-state index in [1.54, 1.807) is 43.3 Å². The highest BCUT2D eigenvalue weighted by Gasteiger charge is 2.18. The Kier molecular flexibility index (Phi) is 7.18. The molecule has 164 valence electrons. The average molecular weight is 424 g/mol. The second-order valence-corrected chi connectivity index (χ2v) is 7.51. The molecule has 2 amide bonds. The van der Waals surface area contributed by atoms with Crippen LogP contribution < -0.4 is 19.5 Å². The summed E-state index contributed by atoms with van der Waals surface area (Å²) in [7, 11) is 3.35. The highest BCUT2D eigenvalue weighted by Crippen LogP contribution is 2.40. The molecular formula is C24H28N2O5. The lowest BCUT2D eigenvalue weighted by Crippen LogP contribution is -2.32. The zero-order valence-electron chi connectivity index (χ0n) is 18.3. The van der Waals surface area contributed by atoms with Crippen molar-refractivity contribution in [3.05, 3.63) is 59.2 Å². The number of carbonyl (C=O) groups is 2. The average Bonchev–Trinajstić information content (AvgIpc) is 2.80. The normalized spacial score (nSPS) is 12.7. The van der Waals surface area contributed by atoms with E-state index in [4.69, 9.17) is 14.2 Å². The molecule has 0 atom stereocenters. The van der Waals surface area contributed by atoms with Gasteiger partial charge in [0.2, 0.25) is 11.7 Å².